The van der Waals surface area contributed by atoms with Gasteiger partial charge in [0.2, 0.25) is 11.8 Å². The number of carbonyl (C=O) groups is 2. The molecule has 0 spiro atoms. The Morgan fingerprint density at radius 1 is 1.06 bits per heavy atom. The van der Waals surface area contributed by atoms with Crippen molar-refractivity contribution in [3.63, 3.8) is 0 Å². The molecule has 4 aliphatic rings. The normalized spacial score (nSPS) is 25.7. The molecule has 2 unspecified atom stereocenters. The lowest BCUT2D eigenvalue weighted by Gasteiger charge is -2.32. The molecule has 2 aromatic carbocycles. The molecular formula is C42H52N6O4. The average Bonchev–Trinajstić information content (AvgIpc) is 3.96. The van der Waals surface area contributed by atoms with Crippen LogP contribution in [0.15, 0.2) is 36.5 Å². The lowest BCUT2D eigenvalue weighted by Crippen LogP contribution is -2.38. The Morgan fingerprint density at radius 3 is 2.73 bits per heavy atom. The van der Waals surface area contributed by atoms with Crippen LogP contribution in [-0.4, -0.2) is 74.0 Å². The molecule has 2 N–H and O–H groups in total. The van der Waals surface area contributed by atoms with E-state index >= 15 is 0 Å². The fraction of sp³-hybridized carbons (Fsp3) is 0.524. The van der Waals surface area contributed by atoms with Gasteiger partial charge in [-0.25, -0.2) is 9.97 Å². The van der Waals surface area contributed by atoms with Crippen molar-refractivity contribution < 1.29 is 19.1 Å². The summed E-state index contributed by atoms with van der Waals surface area (Å²) < 4.78 is 12.0. The molecule has 2 fully saturated rings. The first-order chi connectivity index (χ1) is 25.3. The number of nitrogens with one attached hydrogen (secondary N) is 2. The number of hydrogen-bond donors (Lipinski definition) is 2. The monoisotopic (exact) mass is 704 g/mol. The second kappa shape index (κ2) is 14.3. The van der Waals surface area contributed by atoms with Crippen LogP contribution in [0, 0.1) is 11.8 Å². The number of carbonyl (C=O) groups excluding carboxylic acids is 2. The minimum Gasteiger partial charge on any atom is -0.384 e. The van der Waals surface area contributed by atoms with Gasteiger partial charge in [0.05, 0.1) is 54.3 Å². The van der Waals surface area contributed by atoms with Gasteiger partial charge in [-0.2, -0.15) is 0 Å². The summed E-state index contributed by atoms with van der Waals surface area (Å²) in [6, 6.07) is 11.0. The minimum absolute atomic E-state index is 0.0165. The van der Waals surface area contributed by atoms with Gasteiger partial charge in [-0.05, 0) is 78.6 Å². The summed E-state index contributed by atoms with van der Waals surface area (Å²) >= 11 is 0. The Bertz CT molecular complexity index is 2100. The third-order valence-corrected chi connectivity index (χ3v) is 12.0. The number of likely N-dealkylation sites (tertiary alicyclic amines) is 2. The van der Waals surface area contributed by atoms with E-state index in [2.05, 4.69) is 85.0 Å². The predicted octanol–water partition coefficient (Wildman–Crippen LogP) is 6.03. The second-order valence-electron chi connectivity index (χ2n) is 15.6. The van der Waals surface area contributed by atoms with Gasteiger partial charge in [0.15, 0.2) is 0 Å². The number of imidazole rings is 2. The summed E-state index contributed by atoms with van der Waals surface area (Å²) in [5.41, 5.74) is 6.39. The van der Waals surface area contributed by atoms with Crippen molar-refractivity contribution in [2.24, 2.45) is 11.8 Å². The Kier molecular flexibility index (Phi) is 9.55. The van der Waals surface area contributed by atoms with Crippen molar-refractivity contribution >= 4 is 35.0 Å². The van der Waals surface area contributed by atoms with Crippen molar-refractivity contribution in [3.8, 4) is 11.3 Å². The third-order valence-electron chi connectivity index (χ3n) is 12.0. The molecule has 10 nitrogen and oxygen atoms in total. The molecule has 0 radical (unpaired) electrons. The number of benzene rings is 2. The molecule has 1 aliphatic carbocycles. The van der Waals surface area contributed by atoms with Crippen LogP contribution in [0.4, 0.5) is 0 Å². The third kappa shape index (κ3) is 6.27. The van der Waals surface area contributed by atoms with Crippen LogP contribution in [0.1, 0.15) is 113 Å². The van der Waals surface area contributed by atoms with Crippen molar-refractivity contribution in [2.45, 2.75) is 109 Å². The van der Waals surface area contributed by atoms with Crippen LogP contribution in [0.3, 0.4) is 0 Å². The maximum Gasteiger partial charge on any atom is 0.223 e. The summed E-state index contributed by atoms with van der Waals surface area (Å²) in [6.45, 7) is 10.3. The zero-order valence-electron chi connectivity index (χ0n) is 31.2. The first-order valence-corrected chi connectivity index (χ1v) is 19.4. The molecule has 5 heterocycles. The Balaban J connectivity index is 1.05. The number of amides is 2. The highest BCUT2D eigenvalue weighted by Gasteiger charge is 2.39. The van der Waals surface area contributed by atoms with Crippen molar-refractivity contribution in [3.05, 3.63) is 69.7 Å². The number of rotatable bonds is 10. The van der Waals surface area contributed by atoms with E-state index in [9.17, 15) is 9.59 Å². The van der Waals surface area contributed by atoms with Gasteiger partial charge in [0.1, 0.15) is 11.6 Å². The van der Waals surface area contributed by atoms with Crippen LogP contribution >= 0.6 is 0 Å². The largest absolute Gasteiger partial charge is 0.384 e. The van der Waals surface area contributed by atoms with E-state index in [0.29, 0.717) is 44.4 Å². The lowest BCUT2D eigenvalue weighted by atomic mass is 9.83. The Hall–Kier alpha value is -4.28. The van der Waals surface area contributed by atoms with Crippen LogP contribution < -0.4 is 10.4 Å². The Labute approximate surface area is 305 Å². The molecule has 2 amide bonds. The standard InChI is InChI=1S/C42H52N6O4/c1-6-8-38(49)48-25(4)9-14-35(48)42-44-33-13-11-27-18-32-30-12-10-28(17-29(30)23-52-37(32)19-31(27)40(33)46-42)34-20-43-41(45-34)36-16-26(22-51-5)21-47(36)39(50)15-24(3)7-2/h10-13,17-20,24-26,32,35-37H,6-9,14-16,21-23H2,1-5H3,(H,43,45)(H,44,46)/t24-,25-,26-,32?,35-,36-,37?/m0/s1. The highest BCUT2D eigenvalue weighted by atomic mass is 16.5. The van der Waals surface area contributed by atoms with Crippen LogP contribution in [0.2, 0.25) is 0 Å². The maximum atomic E-state index is 13.4. The van der Waals surface area contributed by atoms with E-state index in [4.69, 9.17) is 19.4 Å². The first-order valence-electron chi connectivity index (χ1n) is 19.4. The molecule has 3 aliphatic heterocycles. The summed E-state index contributed by atoms with van der Waals surface area (Å²) in [5.74, 6) is 2.87. The summed E-state index contributed by atoms with van der Waals surface area (Å²) in [6.07, 6.45) is 12.1. The highest BCUT2D eigenvalue weighted by molar-refractivity contribution is 5.80. The molecule has 2 saturated heterocycles. The Morgan fingerprint density at radius 2 is 1.92 bits per heavy atom. The SMILES string of the molecule is CCCC(=O)N1[C@@H](C)CC[C@H]1c1nc2ccc3c(c2[nH]1)=CC1OCc2cc(-c4cnc([C@@H]5C[C@H](COC)CN5C(=O)C[C@@H](C)CC)[nH]4)ccc2C1C=3. The van der Waals surface area contributed by atoms with E-state index in [0.717, 1.165) is 76.5 Å². The molecule has 10 heteroatoms. The van der Waals surface area contributed by atoms with E-state index in [-0.39, 0.29) is 42.0 Å². The topological polar surface area (TPSA) is 116 Å². The van der Waals surface area contributed by atoms with Crippen molar-refractivity contribution in [2.75, 3.05) is 20.3 Å². The van der Waals surface area contributed by atoms with E-state index < -0.39 is 0 Å². The van der Waals surface area contributed by atoms with Crippen LogP contribution in [0.5, 0.6) is 0 Å². The number of methoxy groups -OCH3 is 1. The van der Waals surface area contributed by atoms with Crippen LogP contribution in [-0.2, 0) is 25.7 Å². The predicted molar refractivity (Wildman–Crippen MR) is 201 cm³/mol. The summed E-state index contributed by atoms with van der Waals surface area (Å²) in [5, 5.41) is 2.29. The van der Waals surface area contributed by atoms with E-state index in [1.807, 2.05) is 11.1 Å². The molecule has 0 saturated carbocycles. The lowest BCUT2D eigenvalue weighted by molar-refractivity contribution is -0.134. The number of aromatic amines is 2. The number of fused-ring (bicyclic) bond motifs is 6. The number of nitrogens with zero attached hydrogens (tertiary/aromatic N) is 4. The first kappa shape index (κ1) is 34.8. The molecule has 52 heavy (non-hydrogen) atoms. The molecule has 4 aromatic rings. The highest BCUT2D eigenvalue weighted by Crippen LogP contribution is 2.40. The van der Waals surface area contributed by atoms with Crippen molar-refractivity contribution in [1.82, 2.24) is 29.7 Å². The smallest absolute Gasteiger partial charge is 0.223 e. The molecule has 7 atom stereocenters. The van der Waals surface area contributed by atoms with Gasteiger partial charge in [0.25, 0.3) is 0 Å². The van der Waals surface area contributed by atoms with Gasteiger partial charge in [-0.1, -0.05) is 51.5 Å². The van der Waals surface area contributed by atoms with Crippen molar-refractivity contribution in [1.29, 1.82) is 0 Å². The fourth-order valence-electron chi connectivity index (χ4n) is 9.04. The molecular weight excluding hydrogens is 652 g/mol. The summed E-state index contributed by atoms with van der Waals surface area (Å²) in [7, 11) is 1.73. The number of ether oxygens (including phenoxy) is 2. The molecule has 2 aromatic heterocycles. The number of H-pyrrole nitrogens is 2. The quantitative estimate of drug-likeness (QED) is 0.208. The fourth-order valence-corrected chi connectivity index (χ4v) is 9.04. The van der Waals surface area contributed by atoms with Gasteiger partial charge in [-0.3, -0.25) is 9.59 Å². The van der Waals surface area contributed by atoms with Gasteiger partial charge in [0, 0.05) is 49.6 Å². The van der Waals surface area contributed by atoms with Gasteiger partial charge >= 0.3 is 0 Å². The number of hydrogen-bond acceptors (Lipinski definition) is 6. The minimum atomic E-state index is -0.0857. The van der Waals surface area contributed by atoms with E-state index in [1.54, 1.807) is 7.11 Å². The molecule has 8 rings (SSSR count). The zero-order valence-corrected chi connectivity index (χ0v) is 31.2. The second-order valence-corrected chi connectivity index (χ2v) is 15.6. The van der Waals surface area contributed by atoms with E-state index in [1.165, 1.54) is 11.1 Å². The van der Waals surface area contributed by atoms with Gasteiger partial charge in [-0.15, -0.1) is 0 Å². The van der Waals surface area contributed by atoms with Gasteiger partial charge < -0.3 is 29.2 Å². The summed E-state index contributed by atoms with van der Waals surface area (Å²) in [4.78, 5) is 47.6. The maximum absolute atomic E-state index is 13.4. The molecule has 274 valence electrons. The molecule has 0 bridgehead atoms. The average molecular weight is 705 g/mol. The van der Waals surface area contributed by atoms with Crippen LogP contribution in [0.25, 0.3) is 34.4 Å². The number of aromatic nitrogens is 4. The zero-order chi connectivity index (χ0) is 36.1.